The first kappa shape index (κ1) is 17.8. The molecule has 0 saturated carbocycles. The number of fused-ring (bicyclic) bond motifs is 2. The van der Waals surface area contributed by atoms with Crippen LogP contribution < -0.4 is 14.3 Å². The van der Waals surface area contributed by atoms with Gasteiger partial charge in [-0.3, -0.25) is 4.79 Å². The number of carbonyl (C=O) groups excluding carboxylic acids is 1. The van der Waals surface area contributed by atoms with Gasteiger partial charge >= 0.3 is 0 Å². The zero-order valence-corrected chi connectivity index (χ0v) is 16.3. The maximum absolute atomic E-state index is 12.6. The summed E-state index contributed by atoms with van der Waals surface area (Å²) in [7, 11) is 1.93. The van der Waals surface area contributed by atoms with E-state index in [1.54, 1.807) is 6.07 Å². The minimum atomic E-state index is -0.717. The van der Waals surface area contributed by atoms with Crippen LogP contribution in [0.15, 0.2) is 47.5 Å². The zero-order chi connectivity index (χ0) is 18.8. The normalized spacial score (nSPS) is 16.7. The molecule has 1 unspecified atom stereocenters. The van der Waals surface area contributed by atoms with Crippen LogP contribution in [0, 0.1) is 0 Å². The molecule has 1 atom stereocenters. The maximum Gasteiger partial charge on any atom is 0.292 e. The summed E-state index contributed by atoms with van der Waals surface area (Å²) in [6.45, 7) is 2.37. The van der Waals surface area contributed by atoms with E-state index in [1.807, 2.05) is 29.8 Å². The second kappa shape index (κ2) is 7.56. The monoisotopic (exact) mass is 382 g/mol. The van der Waals surface area contributed by atoms with Crippen LogP contribution >= 0.6 is 11.3 Å². The smallest absolute Gasteiger partial charge is 0.292 e. The highest BCUT2D eigenvalue weighted by atomic mass is 32.1. The van der Waals surface area contributed by atoms with Crippen LogP contribution in [-0.4, -0.2) is 23.2 Å². The molecule has 0 aliphatic carbocycles. The number of aryl methyl sites for hydroxylation is 2. The van der Waals surface area contributed by atoms with Crippen LogP contribution in [0.25, 0.3) is 10.2 Å². The van der Waals surface area contributed by atoms with Crippen molar-refractivity contribution in [1.29, 1.82) is 0 Å². The molecule has 4 rings (SSSR count). The van der Waals surface area contributed by atoms with E-state index in [-0.39, 0.29) is 12.5 Å². The molecule has 0 fully saturated rings. The van der Waals surface area contributed by atoms with Crippen molar-refractivity contribution in [3.05, 3.63) is 52.8 Å². The SMILES string of the molecule is CCCCc1ccc2c(c1)sc(=NC(=O)C1COc3ccccc3O1)n2C. The molecule has 0 spiro atoms. The van der Waals surface area contributed by atoms with Crippen molar-refractivity contribution in [2.75, 3.05) is 6.61 Å². The van der Waals surface area contributed by atoms with E-state index in [9.17, 15) is 4.79 Å². The molecule has 2 heterocycles. The van der Waals surface area contributed by atoms with Crippen LogP contribution in [0.5, 0.6) is 11.5 Å². The number of carbonyl (C=O) groups is 1. The van der Waals surface area contributed by atoms with Crippen LogP contribution in [0.1, 0.15) is 25.3 Å². The van der Waals surface area contributed by atoms with Gasteiger partial charge in [0, 0.05) is 7.05 Å². The molecule has 0 bridgehead atoms. The second-order valence-electron chi connectivity index (χ2n) is 6.66. The number of hydrogen-bond donors (Lipinski definition) is 0. The van der Waals surface area contributed by atoms with Gasteiger partial charge in [0.2, 0.25) is 6.10 Å². The van der Waals surface area contributed by atoms with E-state index >= 15 is 0 Å². The van der Waals surface area contributed by atoms with E-state index < -0.39 is 6.10 Å². The number of unbranched alkanes of at least 4 members (excludes halogenated alkanes) is 1. The van der Waals surface area contributed by atoms with Gasteiger partial charge in [0.15, 0.2) is 16.3 Å². The van der Waals surface area contributed by atoms with Crippen molar-refractivity contribution in [2.24, 2.45) is 12.0 Å². The Morgan fingerprint density at radius 1 is 1.26 bits per heavy atom. The third-order valence-electron chi connectivity index (χ3n) is 4.68. The summed E-state index contributed by atoms with van der Waals surface area (Å²) in [5.41, 5.74) is 2.41. The van der Waals surface area contributed by atoms with Gasteiger partial charge in [0.25, 0.3) is 5.91 Å². The van der Waals surface area contributed by atoms with Gasteiger partial charge in [-0.05, 0) is 42.7 Å². The average Bonchev–Trinajstić information content (AvgIpc) is 3.00. The molecule has 1 amide bonds. The van der Waals surface area contributed by atoms with Crippen molar-refractivity contribution in [3.8, 4) is 11.5 Å². The Morgan fingerprint density at radius 3 is 2.89 bits per heavy atom. The highest BCUT2D eigenvalue weighted by molar-refractivity contribution is 7.16. The summed E-state index contributed by atoms with van der Waals surface area (Å²) in [5.74, 6) is 0.921. The predicted molar refractivity (Wildman–Crippen MR) is 106 cm³/mol. The fourth-order valence-corrected chi connectivity index (χ4v) is 4.22. The first-order chi connectivity index (χ1) is 13.2. The fourth-order valence-electron chi connectivity index (χ4n) is 3.13. The molecule has 1 aliphatic rings. The molecule has 0 saturated heterocycles. The lowest BCUT2D eigenvalue weighted by atomic mass is 10.1. The summed E-state index contributed by atoms with van der Waals surface area (Å²) in [4.78, 5) is 17.6. The van der Waals surface area contributed by atoms with Gasteiger partial charge in [-0.25, -0.2) is 0 Å². The van der Waals surface area contributed by atoms with Gasteiger partial charge in [-0.1, -0.05) is 42.9 Å². The third-order valence-corrected chi connectivity index (χ3v) is 5.78. The van der Waals surface area contributed by atoms with Gasteiger partial charge in [-0.15, -0.1) is 0 Å². The fraction of sp³-hybridized carbons (Fsp3) is 0.333. The standard InChI is InChI=1S/C21H22N2O3S/c1-3-4-7-14-10-11-15-19(12-14)27-21(23(15)2)22-20(24)18-13-25-16-8-5-6-9-17(16)26-18/h5-6,8-12,18H,3-4,7,13H2,1-2H3. The molecule has 140 valence electrons. The van der Waals surface area contributed by atoms with Gasteiger partial charge < -0.3 is 14.0 Å². The predicted octanol–water partition coefficient (Wildman–Crippen LogP) is 3.85. The average molecular weight is 382 g/mol. The molecule has 1 aromatic heterocycles. The minimum absolute atomic E-state index is 0.176. The van der Waals surface area contributed by atoms with Gasteiger partial charge in [0.05, 0.1) is 10.2 Å². The Bertz CT molecular complexity index is 1050. The Hall–Kier alpha value is -2.60. The topological polar surface area (TPSA) is 52.8 Å². The molecule has 5 nitrogen and oxygen atoms in total. The van der Waals surface area contributed by atoms with Gasteiger partial charge in [0.1, 0.15) is 6.61 Å². The Balaban J connectivity index is 1.60. The van der Waals surface area contributed by atoms with Crippen LogP contribution in [0.4, 0.5) is 0 Å². The summed E-state index contributed by atoms with van der Waals surface area (Å²) >= 11 is 1.53. The van der Waals surface area contributed by atoms with Crippen molar-refractivity contribution in [2.45, 2.75) is 32.3 Å². The van der Waals surface area contributed by atoms with E-state index in [1.165, 1.54) is 29.7 Å². The van der Waals surface area contributed by atoms with Crippen LogP contribution in [-0.2, 0) is 18.3 Å². The number of ether oxygens (including phenoxy) is 2. The zero-order valence-electron chi connectivity index (χ0n) is 15.5. The highest BCUT2D eigenvalue weighted by Gasteiger charge is 2.27. The molecule has 0 radical (unpaired) electrons. The number of nitrogens with zero attached hydrogens (tertiary/aromatic N) is 2. The van der Waals surface area contributed by atoms with Crippen molar-refractivity contribution < 1.29 is 14.3 Å². The first-order valence-corrected chi connectivity index (χ1v) is 10.0. The molecule has 27 heavy (non-hydrogen) atoms. The van der Waals surface area contributed by atoms with E-state index in [0.29, 0.717) is 16.3 Å². The minimum Gasteiger partial charge on any atom is -0.485 e. The lowest BCUT2D eigenvalue weighted by molar-refractivity contribution is -0.127. The van der Waals surface area contributed by atoms with E-state index in [2.05, 4.69) is 30.1 Å². The summed E-state index contributed by atoms with van der Waals surface area (Å²) in [6, 6.07) is 13.8. The lowest BCUT2D eigenvalue weighted by Gasteiger charge is -2.23. The highest BCUT2D eigenvalue weighted by Crippen LogP contribution is 2.31. The summed E-state index contributed by atoms with van der Waals surface area (Å²) in [5, 5.41) is 0. The number of aromatic nitrogens is 1. The van der Waals surface area contributed by atoms with E-state index in [0.717, 1.165) is 16.6 Å². The van der Waals surface area contributed by atoms with Crippen LogP contribution in [0.3, 0.4) is 0 Å². The van der Waals surface area contributed by atoms with Gasteiger partial charge in [-0.2, -0.15) is 4.99 Å². The molecular weight excluding hydrogens is 360 g/mol. The van der Waals surface area contributed by atoms with Crippen LogP contribution in [0.2, 0.25) is 0 Å². The second-order valence-corrected chi connectivity index (χ2v) is 7.67. The van der Waals surface area contributed by atoms with E-state index in [4.69, 9.17) is 9.47 Å². The number of thiazole rings is 1. The Morgan fingerprint density at radius 2 is 2.07 bits per heavy atom. The molecule has 3 aromatic rings. The molecule has 2 aromatic carbocycles. The van der Waals surface area contributed by atoms with Crippen molar-refractivity contribution in [3.63, 3.8) is 0 Å². The first-order valence-electron chi connectivity index (χ1n) is 9.21. The number of rotatable bonds is 4. The Labute approximate surface area is 161 Å². The lowest BCUT2D eigenvalue weighted by Crippen LogP contribution is -2.36. The summed E-state index contributed by atoms with van der Waals surface area (Å²) < 4.78 is 14.5. The third kappa shape index (κ3) is 3.62. The number of para-hydroxylation sites is 2. The number of amides is 1. The maximum atomic E-state index is 12.6. The molecule has 1 aliphatic heterocycles. The Kier molecular flexibility index (Phi) is 4.99. The van der Waals surface area contributed by atoms with Crippen molar-refractivity contribution >= 4 is 27.5 Å². The molecule has 0 N–H and O–H groups in total. The molecular formula is C21H22N2O3S. The number of hydrogen-bond acceptors (Lipinski definition) is 4. The van der Waals surface area contributed by atoms with Crippen molar-refractivity contribution in [1.82, 2.24) is 4.57 Å². The largest absolute Gasteiger partial charge is 0.485 e. The summed E-state index contributed by atoms with van der Waals surface area (Å²) in [6.07, 6.45) is 2.72. The number of benzene rings is 2. The quantitative estimate of drug-likeness (QED) is 0.689. The molecule has 6 heteroatoms.